The Morgan fingerprint density at radius 2 is 2.00 bits per heavy atom. The molecule has 0 amide bonds. The lowest BCUT2D eigenvalue weighted by atomic mass is 9.95. The summed E-state index contributed by atoms with van der Waals surface area (Å²) in [6.07, 6.45) is 3.35. The Hall–Kier alpha value is -4.16. The van der Waals surface area contributed by atoms with Crippen LogP contribution in [0.2, 0.25) is 0 Å². The highest BCUT2D eigenvalue weighted by atomic mass is 32.2. The molecule has 12 heteroatoms. The minimum Gasteiger partial charge on any atom is -0.497 e. The van der Waals surface area contributed by atoms with Crippen LogP contribution in [0, 0.1) is 6.92 Å². The zero-order valence-corrected chi connectivity index (χ0v) is 24.1. The number of furan rings is 1. The fourth-order valence-electron chi connectivity index (χ4n) is 4.30. The Balaban J connectivity index is 1.63. The second-order valence-electron chi connectivity index (χ2n) is 8.65. The zero-order valence-electron chi connectivity index (χ0n) is 22.5. The lowest BCUT2D eigenvalue weighted by Gasteiger charge is -2.26. The van der Waals surface area contributed by atoms with Crippen LogP contribution in [0.15, 0.2) is 78.3 Å². The SMILES string of the molecule is CCOC(=O)C1=C(C)N=c2s/c(=C/c3ccc(Sc4nccc(C)n4)o3)c(=O)n2[C@H]1c1cc(OC)ccc1OC. The Bertz CT molecular complexity index is 1800. The molecule has 1 aliphatic heterocycles. The van der Waals surface area contributed by atoms with Crippen molar-refractivity contribution >= 4 is 35.1 Å². The first-order valence-corrected chi connectivity index (χ1v) is 13.9. The normalized spacial score (nSPS) is 15.0. The summed E-state index contributed by atoms with van der Waals surface area (Å²) in [7, 11) is 3.08. The highest BCUT2D eigenvalue weighted by Gasteiger charge is 2.35. The summed E-state index contributed by atoms with van der Waals surface area (Å²) in [5, 5.41) is 1.15. The molecule has 0 N–H and O–H groups in total. The minimum absolute atomic E-state index is 0.175. The van der Waals surface area contributed by atoms with E-state index in [0.717, 1.165) is 5.69 Å². The van der Waals surface area contributed by atoms with Crippen LogP contribution in [-0.2, 0) is 9.53 Å². The van der Waals surface area contributed by atoms with Crippen molar-refractivity contribution in [2.24, 2.45) is 4.99 Å². The van der Waals surface area contributed by atoms with Gasteiger partial charge in [-0.15, -0.1) is 0 Å². The average molecular weight is 579 g/mol. The van der Waals surface area contributed by atoms with Crippen molar-refractivity contribution in [1.29, 1.82) is 0 Å². The predicted octanol–water partition coefficient (Wildman–Crippen LogP) is 3.66. The number of carbonyl (C=O) groups is 1. The molecule has 40 heavy (non-hydrogen) atoms. The summed E-state index contributed by atoms with van der Waals surface area (Å²) in [5.74, 6) is 0.966. The number of rotatable bonds is 8. The topological polar surface area (TPSA) is 118 Å². The van der Waals surface area contributed by atoms with Crippen LogP contribution in [0.5, 0.6) is 11.5 Å². The molecule has 10 nitrogen and oxygen atoms in total. The molecule has 1 aromatic carbocycles. The minimum atomic E-state index is -0.844. The van der Waals surface area contributed by atoms with Crippen molar-refractivity contribution in [2.75, 3.05) is 20.8 Å². The number of esters is 1. The molecule has 0 fully saturated rings. The predicted molar refractivity (Wildman–Crippen MR) is 150 cm³/mol. The number of nitrogens with zero attached hydrogens (tertiary/aromatic N) is 4. The Morgan fingerprint density at radius 1 is 1.18 bits per heavy atom. The van der Waals surface area contributed by atoms with E-state index in [0.29, 0.717) is 48.1 Å². The van der Waals surface area contributed by atoms with Gasteiger partial charge in [0.1, 0.15) is 23.3 Å². The summed E-state index contributed by atoms with van der Waals surface area (Å²) in [6, 6.07) is 9.79. The number of allylic oxidation sites excluding steroid dienone is 1. The van der Waals surface area contributed by atoms with Gasteiger partial charge in [-0.25, -0.2) is 19.8 Å². The molecule has 1 atom stereocenters. The smallest absolute Gasteiger partial charge is 0.338 e. The van der Waals surface area contributed by atoms with E-state index in [1.54, 1.807) is 63.6 Å². The van der Waals surface area contributed by atoms with Crippen molar-refractivity contribution in [1.82, 2.24) is 14.5 Å². The van der Waals surface area contributed by atoms with Crippen molar-refractivity contribution in [3.8, 4) is 11.5 Å². The van der Waals surface area contributed by atoms with Crippen LogP contribution < -0.4 is 24.4 Å². The number of benzene rings is 1. The molecule has 0 radical (unpaired) electrons. The van der Waals surface area contributed by atoms with Crippen molar-refractivity contribution in [3.63, 3.8) is 0 Å². The maximum atomic E-state index is 13.9. The van der Waals surface area contributed by atoms with Gasteiger partial charge in [0.05, 0.1) is 36.6 Å². The van der Waals surface area contributed by atoms with Crippen molar-refractivity contribution in [2.45, 2.75) is 37.1 Å². The fraction of sp³-hybridized carbons (Fsp3) is 0.250. The first-order chi connectivity index (χ1) is 19.3. The second kappa shape index (κ2) is 11.5. The van der Waals surface area contributed by atoms with Crippen LogP contribution >= 0.6 is 23.1 Å². The number of aromatic nitrogens is 3. The summed E-state index contributed by atoms with van der Waals surface area (Å²) in [5.41, 5.74) is 1.80. The Morgan fingerprint density at radius 3 is 2.73 bits per heavy atom. The summed E-state index contributed by atoms with van der Waals surface area (Å²) >= 11 is 2.49. The first kappa shape index (κ1) is 27.4. The largest absolute Gasteiger partial charge is 0.497 e. The fourth-order valence-corrected chi connectivity index (χ4v) is 6.08. The molecule has 4 aromatic rings. The van der Waals surface area contributed by atoms with E-state index in [1.165, 1.54) is 34.8 Å². The molecule has 5 rings (SSSR count). The van der Waals surface area contributed by atoms with E-state index in [4.69, 9.17) is 18.6 Å². The van der Waals surface area contributed by atoms with E-state index in [9.17, 15) is 9.59 Å². The molecule has 3 aromatic heterocycles. The Labute approximate surface area is 237 Å². The van der Waals surface area contributed by atoms with E-state index in [2.05, 4.69) is 15.0 Å². The van der Waals surface area contributed by atoms with Crippen molar-refractivity contribution < 1.29 is 23.4 Å². The molecular weight excluding hydrogens is 552 g/mol. The average Bonchev–Trinajstić information content (AvgIpc) is 3.50. The number of thiazole rings is 1. The molecule has 206 valence electrons. The van der Waals surface area contributed by atoms with Gasteiger partial charge in [-0.3, -0.25) is 9.36 Å². The number of fused-ring (bicyclic) bond motifs is 1. The van der Waals surface area contributed by atoms with Crippen LogP contribution in [0.1, 0.15) is 36.9 Å². The van der Waals surface area contributed by atoms with Crippen molar-refractivity contribution in [3.05, 3.63) is 90.6 Å². The third kappa shape index (κ3) is 5.32. The van der Waals surface area contributed by atoms with Gasteiger partial charge in [0.2, 0.25) is 0 Å². The number of hydrogen-bond donors (Lipinski definition) is 0. The molecule has 0 bridgehead atoms. The number of ether oxygens (including phenoxy) is 3. The van der Waals surface area contributed by atoms with Gasteiger partial charge in [0, 0.05) is 23.5 Å². The van der Waals surface area contributed by atoms with Gasteiger partial charge >= 0.3 is 5.97 Å². The van der Waals surface area contributed by atoms with E-state index >= 15 is 0 Å². The van der Waals surface area contributed by atoms with Crippen LogP contribution in [0.3, 0.4) is 0 Å². The van der Waals surface area contributed by atoms with E-state index < -0.39 is 12.0 Å². The maximum Gasteiger partial charge on any atom is 0.338 e. The third-order valence-corrected chi connectivity index (χ3v) is 7.87. The van der Waals surface area contributed by atoms with Gasteiger partial charge in [-0.2, -0.15) is 0 Å². The number of carbonyl (C=O) groups excluding carboxylic acids is 1. The van der Waals surface area contributed by atoms with Gasteiger partial charge in [0.25, 0.3) is 5.56 Å². The monoisotopic (exact) mass is 578 g/mol. The van der Waals surface area contributed by atoms with Crippen LogP contribution in [0.4, 0.5) is 0 Å². The summed E-state index contributed by atoms with van der Waals surface area (Å²) < 4.78 is 24.3. The summed E-state index contributed by atoms with van der Waals surface area (Å²) in [4.78, 5) is 40.8. The second-order valence-corrected chi connectivity index (χ2v) is 10.6. The zero-order chi connectivity index (χ0) is 28.4. The van der Waals surface area contributed by atoms with Crippen LogP contribution in [-0.4, -0.2) is 41.3 Å². The lowest BCUT2D eigenvalue weighted by molar-refractivity contribution is -0.139. The quantitative estimate of drug-likeness (QED) is 0.228. The molecule has 1 aliphatic rings. The first-order valence-electron chi connectivity index (χ1n) is 12.3. The molecule has 0 saturated heterocycles. The third-order valence-electron chi connectivity index (χ3n) is 6.09. The van der Waals surface area contributed by atoms with Crippen LogP contribution in [0.25, 0.3) is 6.08 Å². The molecular formula is C28H26N4O6S2. The molecule has 0 aliphatic carbocycles. The highest BCUT2D eigenvalue weighted by molar-refractivity contribution is 7.99. The standard InChI is InChI=1S/C28H26N4O6S2/c1-6-37-26(34)23-16(3)31-28-32(24(23)19-13-17(35-4)7-9-20(19)36-5)25(33)21(39-28)14-18-8-10-22(38-18)40-27-29-12-11-15(2)30-27/h7-14,24H,6H2,1-5H3/b21-14+/t24-/m0/s1. The van der Waals surface area contributed by atoms with Gasteiger partial charge in [-0.05, 0) is 68.9 Å². The highest BCUT2D eigenvalue weighted by Crippen LogP contribution is 2.38. The maximum absolute atomic E-state index is 13.9. The molecule has 0 unspecified atom stereocenters. The molecule has 0 spiro atoms. The van der Waals surface area contributed by atoms with E-state index in [1.807, 2.05) is 13.0 Å². The van der Waals surface area contributed by atoms with Gasteiger partial charge in [0.15, 0.2) is 15.1 Å². The molecule has 4 heterocycles. The van der Waals surface area contributed by atoms with E-state index in [-0.39, 0.29) is 17.7 Å². The number of methoxy groups -OCH3 is 2. The number of hydrogen-bond acceptors (Lipinski definition) is 11. The molecule has 0 saturated carbocycles. The lowest BCUT2D eigenvalue weighted by Crippen LogP contribution is -2.40. The van der Waals surface area contributed by atoms with Gasteiger partial charge in [-0.1, -0.05) is 11.3 Å². The summed E-state index contributed by atoms with van der Waals surface area (Å²) in [6.45, 7) is 5.52. The van der Waals surface area contributed by atoms with Gasteiger partial charge < -0.3 is 18.6 Å². The Kier molecular flexibility index (Phi) is 7.90. The number of aryl methyl sites for hydroxylation is 1.